The van der Waals surface area contributed by atoms with E-state index in [1.165, 1.54) is 0 Å². The first kappa shape index (κ1) is 2.97. The zero-order valence-corrected chi connectivity index (χ0v) is 4.31. The molecule has 0 saturated carbocycles. The molecule has 0 unspecified atom stereocenters. The maximum Gasteiger partial charge on any atom is 0.156 e. The lowest BCUT2D eigenvalue weighted by Crippen LogP contribution is -1.86. The van der Waals surface area contributed by atoms with Gasteiger partial charge in [-0.1, -0.05) is 0 Å². The van der Waals surface area contributed by atoms with Gasteiger partial charge in [-0.05, 0) is 24.3 Å². The van der Waals surface area contributed by atoms with Gasteiger partial charge in [0.15, 0.2) is 2.82 Å². The monoisotopic (exact) mass is 110 g/mol. The number of hydrogen-bond donors (Lipinski definition) is 2. The number of rotatable bonds is 2. The third-order valence-electron chi connectivity index (χ3n) is 0.885. The maximum atomic E-state index is 6.75. The Morgan fingerprint density at radius 1 is 1.00 bits per heavy atom. The highest BCUT2D eigenvalue weighted by Crippen LogP contribution is 2.04. The lowest BCUT2D eigenvalue weighted by atomic mass is 10.3. The molecule has 0 spiro atoms. The van der Waals surface area contributed by atoms with Crippen LogP contribution in [0.1, 0.15) is 0 Å². The van der Waals surface area contributed by atoms with Crippen LogP contribution in [0.4, 0.5) is 11.4 Å². The fraction of sp³-hybridized carbons (Fsp3) is 0. The van der Waals surface area contributed by atoms with Crippen LogP contribution in [0.15, 0.2) is 24.3 Å². The fourth-order valence-corrected chi connectivity index (χ4v) is 0.470. The van der Waals surface area contributed by atoms with Gasteiger partial charge in [-0.3, -0.25) is 0 Å². The molecule has 1 rings (SSSR count). The van der Waals surface area contributed by atoms with Crippen LogP contribution in [0.3, 0.4) is 0 Å². The van der Waals surface area contributed by atoms with Crippen molar-refractivity contribution in [2.24, 2.45) is 0 Å². The molecule has 2 heteroatoms. The molecule has 0 aliphatic heterocycles. The van der Waals surface area contributed by atoms with Crippen molar-refractivity contribution in [2.45, 2.75) is 0 Å². The van der Waals surface area contributed by atoms with Crippen molar-refractivity contribution in [2.75, 3.05) is 11.5 Å². The summed E-state index contributed by atoms with van der Waals surface area (Å²) in [6.45, 7) is 0. The first-order chi connectivity index (χ1) is 4.86. The first-order valence-electron chi connectivity index (χ1n) is 3.32. The normalized spacial score (nSPS) is 11.5. The molecule has 0 bridgehead atoms. The second kappa shape index (κ2) is 1.74. The average Bonchev–Trinajstić information content (AvgIpc) is 2.05. The van der Waals surface area contributed by atoms with Gasteiger partial charge in [-0.25, -0.2) is 0 Å². The Balaban J connectivity index is 2.80. The van der Waals surface area contributed by atoms with Crippen LogP contribution >= 0.6 is 0 Å². The van der Waals surface area contributed by atoms with Crippen molar-refractivity contribution in [3.8, 4) is 0 Å². The molecule has 2 nitrogen and oxygen atoms in total. The summed E-state index contributed by atoms with van der Waals surface area (Å²) < 4.78 is 13.5. The van der Waals surface area contributed by atoms with Gasteiger partial charge in [0.2, 0.25) is 0 Å². The molecule has 0 aliphatic rings. The van der Waals surface area contributed by atoms with Gasteiger partial charge in [0.1, 0.15) is 0 Å². The molecule has 1 aromatic carbocycles. The Kier molecular flexibility index (Phi) is 0.645. The summed E-state index contributed by atoms with van der Waals surface area (Å²) >= 11 is 0. The number of hydrogen-bond acceptors (Lipinski definition) is 2. The predicted molar refractivity (Wildman–Crippen MR) is 35.3 cm³/mol. The quantitative estimate of drug-likeness (QED) is 0.554. The summed E-state index contributed by atoms with van der Waals surface area (Å²) in [5, 5.41) is 0. The highest BCUT2D eigenvalue weighted by Gasteiger charge is 1.80. The third-order valence-corrected chi connectivity index (χ3v) is 0.885. The van der Waals surface area contributed by atoms with Crippen LogP contribution in [0.2, 0.25) is 2.82 Å². The van der Waals surface area contributed by atoms with E-state index in [9.17, 15) is 0 Å². The molecule has 0 fully saturated rings. The second-order valence-corrected chi connectivity index (χ2v) is 1.58. The van der Waals surface area contributed by atoms with Gasteiger partial charge in [-0.15, -0.1) is 0 Å². The lowest BCUT2D eigenvalue weighted by Gasteiger charge is -1.90. The molecule has 0 amide bonds. The van der Waals surface area contributed by atoms with E-state index in [4.69, 9.17) is 2.82 Å². The lowest BCUT2D eigenvalue weighted by molar-refractivity contribution is 1.67. The van der Waals surface area contributed by atoms with Crippen molar-refractivity contribution in [1.82, 2.24) is 0 Å². The summed E-state index contributed by atoms with van der Waals surface area (Å²) in [5.74, 6) is 0. The molecule has 42 valence electrons. The van der Waals surface area contributed by atoms with Crippen molar-refractivity contribution in [1.29, 1.82) is 0 Å². The minimum absolute atomic E-state index is 0.721. The average molecular weight is 110 g/mol. The summed E-state index contributed by atoms with van der Waals surface area (Å²) in [5.41, 5.74) is 5.92. The van der Waals surface area contributed by atoms with E-state index in [0.29, 0.717) is 0 Å². The number of nitrogens with two attached hydrogens (primary N) is 2. The molecule has 0 radical (unpaired) electrons. The molecular weight excluding hydrogens is 100 g/mol. The zero-order chi connectivity index (χ0) is 7.40. The molecule has 4 N–H and O–H groups in total. The van der Waals surface area contributed by atoms with E-state index in [1.54, 1.807) is 24.3 Å². The van der Waals surface area contributed by atoms with Crippen molar-refractivity contribution in [3.05, 3.63) is 24.3 Å². The topological polar surface area (TPSA) is 52.0 Å². The van der Waals surface area contributed by atoms with E-state index in [0.717, 1.165) is 11.4 Å². The summed E-state index contributed by atoms with van der Waals surface area (Å²) in [7, 11) is 0. The molecular formula is C6H8N2. The Hall–Kier alpha value is -1.18. The van der Waals surface area contributed by atoms with Gasteiger partial charge >= 0.3 is 0 Å². The highest BCUT2D eigenvalue weighted by molar-refractivity contribution is 5.47. The second-order valence-electron chi connectivity index (χ2n) is 1.58. The van der Waals surface area contributed by atoms with E-state index in [2.05, 4.69) is 11.5 Å². The van der Waals surface area contributed by atoms with E-state index in [1.807, 2.05) is 0 Å². The zero-order valence-electron chi connectivity index (χ0n) is 6.31. The standard InChI is InChI=1S/C6H8N2/c7-5-1-2-6(8)4-3-5/h1-4H,7-8H2/i/hD2. The van der Waals surface area contributed by atoms with Crippen LogP contribution in [0.25, 0.3) is 0 Å². The first-order valence-corrected chi connectivity index (χ1v) is 2.32. The van der Waals surface area contributed by atoms with Crippen LogP contribution in [0, 0.1) is 0 Å². The van der Waals surface area contributed by atoms with Gasteiger partial charge in [0.05, 0.1) is 0 Å². The van der Waals surface area contributed by atoms with Crippen molar-refractivity contribution < 1.29 is 2.82 Å². The summed E-state index contributed by atoms with van der Waals surface area (Å²) in [6, 6.07) is 6.90. The molecule has 0 aliphatic carbocycles. The summed E-state index contributed by atoms with van der Waals surface area (Å²) in [4.78, 5) is 0. The molecule has 8 heavy (non-hydrogen) atoms. The van der Waals surface area contributed by atoms with Crippen molar-refractivity contribution in [3.63, 3.8) is 0 Å². The largest absolute Gasteiger partial charge is 0.399 e. The molecule has 0 saturated heterocycles. The molecule has 1 aromatic rings. The summed E-state index contributed by atoms with van der Waals surface area (Å²) in [6.07, 6.45) is 0. The fourth-order valence-electron chi connectivity index (χ4n) is 0.470. The molecule has 0 heterocycles. The Morgan fingerprint density at radius 3 is 1.62 bits per heavy atom. The van der Waals surface area contributed by atoms with Gasteiger partial charge in [0, 0.05) is 11.4 Å². The third kappa shape index (κ3) is 0.904. The van der Waals surface area contributed by atoms with E-state index in [-0.39, 0.29) is 0 Å². The molecule has 0 atom stereocenters. The minimum Gasteiger partial charge on any atom is -0.399 e. The van der Waals surface area contributed by atoms with E-state index < -0.39 is 0 Å². The van der Waals surface area contributed by atoms with Crippen molar-refractivity contribution >= 4 is 11.4 Å². The smallest absolute Gasteiger partial charge is 0.156 e. The van der Waals surface area contributed by atoms with Gasteiger partial charge in [-0.2, -0.15) is 0 Å². The maximum absolute atomic E-state index is 6.75. The highest BCUT2D eigenvalue weighted by atomic mass is 14.6. The number of nitrogen functional groups attached to an aromatic ring is 2. The Morgan fingerprint density at radius 2 is 1.38 bits per heavy atom. The minimum atomic E-state index is 0.721. The Labute approximate surface area is 51.0 Å². The number of anilines is 2. The van der Waals surface area contributed by atoms with Crippen LogP contribution in [-0.4, -0.2) is 0 Å². The predicted octanol–water partition coefficient (Wildman–Crippen LogP) is 0.851. The van der Waals surface area contributed by atoms with E-state index >= 15 is 0 Å². The van der Waals surface area contributed by atoms with Crippen LogP contribution in [0.5, 0.6) is 0 Å². The van der Waals surface area contributed by atoms with Crippen LogP contribution in [-0.2, 0) is 0 Å². The molecule has 0 aromatic heterocycles. The Bertz CT molecular complexity index is 174. The van der Waals surface area contributed by atoms with Crippen LogP contribution < -0.4 is 11.5 Å². The van der Waals surface area contributed by atoms with Gasteiger partial charge < -0.3 is 11.5 Å². The SMILES string of the molecule is [2H]Nc1ccc(N[2H])cc1. The number of benzene rings is 1. The van der Waals surface area contributed by atoms with Gasteiger partial charge in [0.25, 0.3) is 0 Å².